The van der Waals surface area contributed by atoms with Gasteiger partial charge in [-0.05, 0) is 23.6 Å². The summed E-state index contributed by atoms with van der Waals surface area (Å²) in [7, 11) is 0. The Labute approximate surface area is 141 Å². The van der Waals surface area contributed by atoms with E-state index in [1.165, 1.54) is 27.9 Å². The zero-order valence-electron chi connectivity index (χ0n) is 13.4. The molecule has 1 amide bonds. The molecule has 3 nitrogen and oxygen atoms in total. The van der Waals surface area contributed by atoms with Crippen molar-refractivity contribution in [3.63, 3.8) is 0 Å². The van der Waals surface area contributed by atoms with Gasteiger partial charge < -0.3 is 9.47 Å². The second-order valence-corrected chi connectivity index (χ2v) is 6.61. The Bertz CT molecular complexity index is 940. The van der Waals surface area contributed by atoms with Crippen molar-refractivity contribution in [3.05, 3.63) is 83.0 Å². The van der Waals surface area contributed by atoms with E-state index in [2.05, 4.69) is 47.0 Å². The highest BCUT2D eigenvalue weighted by Gasteiger charge is 2.34. The van der Waals surface area contributed by atoms with E-state index in [9.17, 15) is 4.79 Å². The third kappa shape index (κ3) is 1.94. The summed E-state index contributed by atoms with van der Waals surface area (Å²) in [5.74, 6) is 0.166. The van der Waals surface area contributed by atoms with E-state index in [-0.39, 0.29) is 5.91 Å². The van der Waals surface area contributed by atoms with E-state index < -0.39 is 0 Å². The highest BCUT2D eigenvalue weighted by Crippen LogP contribution is 2.37. The highest BCUT2D eigenvalue weighted by molar-refractivity contribution is 5.98. The maximum atomic E-state index is 13.0. The minimum absolute atomic E-state index is 0.166. The van der Waals surface area contributed by atoms with Gasteiger partial charge in [-0.15, -0.1) is 0 Å². The van der Waals surface area contributed by atoms with Gasteiger partial charge in [-0.3, -0.25) is 4.79 Å². The number of aromatic nitrogens is 1. The first-order valence-electron chi connectivity index (χ1n) is 8.45. The van der Waals surface area contributed by atoms with Crippen molar-refractivity contribution in [2.45, 2.75) is 26.1 Å². The molecule has 0 bridgehead atoms. The van der Waals surface area contributed by atoms with Crippen LogP contribution in [0.1, 0.15) is 27.2 Å². The van der Waals surface area contributed by atoms with Gasteiger partial charge in [0.05, 0.1) is 0 Å². The van der Waals surface area contributed by atoms with Gasteiger partial charge in [0.2, 0.25) is 0 Å². The topological polar surface area (TPSA) is 25.2 Å². The molecule has 0 radical (unpaired) electrons. The number of benzene rings is 2. The summed E-state index contributed by atoms with van der Waals surface area (Å²) in [6, 6.07) is 21.0. The van der Waals surface area contributed by atoms with Crippen LogP contribution in [0.15, 0.2) is 60.7 Å². The van der Waals surface area contributed by atoms with Crippen LogP contribution in [0.4, 0.5) is 0 Å². The maximum absolute atomic E-state index is 13.0. The molecule has 3 heterocycles. The average Bonchev–Trinajstić information content (AvgIpc) is 3.13. The number of aryl methyl sites for hydroxylation is 1. The van der Waals surface area contributed by atoms with Crippen molar-refractivity contribution in [2.75, 3.05) is 0 Å². The van der Waals surface area contributed by atoms with Gasteiger partial charge in [-0.25, -0.2) is 0 Å². The zero-order chi connectivity index (χ0) is 16.1. The monoisotopic (exact) mass is 314 g/mol. The first kappa shape index (κ1) is 13.6. The molecule has 5 rings (SSSR count). The van der Waals surface area contributed by atoms with Gasteiger partial charge in [0.1, 0.15) is 5.69 Å². The summed E-state index contributed by atoms with van der Waals surface area (Å²) in [6.07, 6.45) is 0.996. The van der Waals surface area contributed by atoms with Crippen LogP contribution in [-0.2, 0) is 26.1 Å². The lowest BCUT2D eigenvalue weighted by atomic mass is 9.99. The molecule has 118 valence electrons. The van der Waals surface area contributed by atoms with E-state index in [1.54, 1.807) is 0 Å². The maximum Gasteiger partial charge on any atom is 0.271 e. The molecule has 1 aromatic heterocycles. The lowest BCUT2D eigenvalue weighted by Gasteiger charge is -2.22. The van der Waals surface area contributed by atoms with Crippen LogP contribution >= 0.6 is 0 Å². The molecule has 0 saturated heterocycles. The third-order valence-electron chi connectivity index (χ3n) is 5.14. The van der Waals surface area contributed by atoms with E-state index in [0.29, 0.717) is 13.1 Å². The standard InChI is InChI=1S/C21H18N2O/c24-21-20-17(14-22(21)13-15-6-2-1-3-7-15)12-19-18-9-5-4-8-16(18)10-11-23(19)20/h1-9,12H,10-11,13-14H2. The number of rotatable bonds is 2. The van der Waals surface area contributed by atoms with Crippen molar-refractivity contribution in [1.29, 1.82) is 0 Å². The molecule has 0 aliphatic carbocycles. The molecule has 24 heavy (non-hydrogen) atoms. The van der Waals surface area contributed by atoms with Crippen LogP contribution in [0.25, 0.3) is 11.3 Å². The molecule has 3 aromatic rings. The largest absolute Gasteiger partial charge is 0.336 e. The molecule has 2 aliphatic rings. The Morgan fingerprint density at radius 3 is 2.58 bits per heavy atom. The summed E-state index contributed by atoms with van der Waals surface area (Å²) in [5.41, 5.74) is 7.11. The smallest absolute Gasteiger partial charge is 0.271 e. The number of nitrogens with zero attached hydrogens (tertiary/aromatic N) is 2. The minimum Gasteiger partial charge on any atom is -0.336 e. The second kappa shape index (κ2) is 5.10. The number of fused-ring (bicyclic) bond motifs is 5. The number of carbonyl (C=O) groups excluding carboxylic acids is 1. The summed E-state index contributed by atoms with van der Waals surface area (Å²) >= 11 is 0. The Kier molecular flexibility index (Phi) is 2.89. The van der Waals surface area contributed by atoms with Gasteiger partial charge in [0.25, 0.3) is 5.91 Å². The molecule has 0 saturated carbocycles. The molecule has 2 aliphatic heterocycles. The van der Waals surface area contributed by atoms with Crippen LogP contribution in [0.2, 0.25) is 0 Å². The van der Waals surface area contributed by atoms with Crippen LogP contribution in [-0.4, -0.2) is 15.4 Å². The average molecular weight is 314 g/mol. The quantitative estimate of drug-likeness (QED) is 0.705. The van der Waals surface area contributed by atoms with Gasteiger partial charge >= 0.3 is 0 Å². The summed E-state index contributed by atoms with van der Waals surface area (Å²) < 4.78 is 2.23. The van der Waals surface area contributed by atoms with Crippen molar-refractivity contribution >= 4 is 5.91 Å². The molecule has 0 atom stereocenters. The van der Waals surface area contributed by atoms with E-state index in [0.717, 1.165) is 18.7 Å². The number of hydrogen-bond acceptors (Lipinski definition) is 1. The Morgan fingerprint density at radius 1 is 0.917 bits per heavy atom. The first-order chi connectivity index (χ1) is 11.8. The van der Waals surface area contributed by atoms with Crippen LogP contribution in [0, 0.1) is 0 Å². The van der Waals surface area contributed by atoms with E-state index in [4.69, 9.17) is 0 Å². The van der Waals surface area contributed by atoms with Crippen LogP contribution in [0.3, 0.4) is 0 Å². The Hall–Kier alpha value is -2.81. The van der Waals surface area contributed by atoms with E-state index >= 15 is 0 Å². The highest BCUT2D eigenvalue weighted by atomic mass is 16.2. The Morgan fingerprint density at radius 2 is 1.71 bits per heavy atom. The number of hydrogen-bond donors (Lipinski definition) is 0. The summed E-state index contributed by atoms with van der Waals surface area (Å²) in [4.78, 5) is 14.9. The van der Waals surface area contributed by atoms with Crippen molar-refractivity contribution in [1.82, 2.24) is 9.47 Å². The summed E-state index contributed by atoms with van der Waals surface area (Å²) in [5, 5.41) is 0. The van der Waals surface area contributed by atoms with Gasteiger partial charge in [0, 0.05) is 36.5 Å². The Balaban J connectivity index is 1.51. The lowest BCUT2D eigenvalue weighted by molar-refractivity contribution is 0.0757. The zero-order valence-corrected chi connectivity index (χ0v) is 13.4. The molecule has 0 N–H and O–H groups in total. The predicted octanol–water partition coefficient (Wildman–Crippen LogP) is 3.87. The van der Waals surface area contributed by atoms with Gasteiger partial charge in [-0.2, -0.15) is 0 Å². The van der Waals surface area contributed by atoms with Crippen LogP contribution < -0.4 is 0 Å². The van der Waals surface area contributed by atoms with Crippen molar-refractivity contribution in [3.8, 4) is 11.3 Å². The predicted molar refractivity (Wildman–Crippen MR) is 93.6 cm³/mol. The molecular formula is C21H18N2O. The molecule has 0 spiro atoms. The molecule has 2 aromatic carbocycles. The molecule has 0 fully saturated rings. The third-order valence-corrected chi connectivity index (χ3v) is 5.14. The normalized spacial score (nSPS) is 15.2. The van der Waals surface area contributed by atoms with Gasteiger partial charge in [-0.1, -0.05) is 54.6 Å². The molecular weight excluding hydrogens is 296 g/mol. The fourth-order valence-electron chi connectivity index (χ4n) is 4.01. The van der Waals surface area contributed by atoms with Crippen LogP contribution in [0.5, 0.6) is 0 Å². The van der Waals surface area contributed by atoms with E-state index in [1.807, 2.05) is 23.1 Å². The minimum atomic E-state index is 0.166. The molecule has 3 heteroatoms. The molecule has 0 unspecified atom stereocenters. The SMILES string of the molecule is O=C1c2c(cc3n2CCc2ccccc2-3)CN1Cc1ccccc1. The second-order valence-electron chi connectivity index (χ2n) is 6.61. The number of amides is 1. The first-order valence-corrected chi connectivity index (χ1v) is 8.45. The van der Waals surface area contributed by atoms with Crippen molar-refractivity contribution in [2.24, 2.45) is 0 Å². The lowest BCUT2D eigenvalue weighted by Crippen LogP contribution is -2.26. The summed E-state index contributed by atoms with van der Waals surface area (Å²) in [6.45, 7) is 2.29. The fourth-order valence-corrected chi connectivity index (χ4v) is 4.01. The van der Waals surface area contributed by atoms with Crippen molar-refractivity contribution < 1.29 is 4.79 Å². The fraction of sp³-hybridized carbons (Fsp3) is 0.190. The van der Waals surface area contributed by atoms with Gasteiger partial charge in [0.15, 0.2) is 0 Å². The number of carbonyl (C=O) groups is 1.